The molecule has 4 heterocycles. The maximum absolute atomic E-state index is 13.4. The molecule has 0 saturated heterocycles. The number of halogens is 1. The van der Waals surface area contributed by atoms with E-state index in [1.807, 2.05) is 31.7 Å². The van der Waals surface area contributed by atoms with Crippen LogP contribution < -0.4 is 4.74 Å². The molecule has 0 fully saturated rings. The van der Waals surface area contributed by atoms with Crippen LogP contribution in [-0.2, 0) is 19.3 Å². The zero-order valence-electron chi connectivity index (χ0n) is 15.7. The molecule has 0 radical (unpaired) electrons. The molecule has 0 spiro atoms. The molecule has 0 bridgehead atoms. The number of H-pyrrole nitrogens is 1. The average Bonchev–Trinajstić information content (AvgIpc) is 3.09. The number of ether oxygens (including phenoxy) is 1. The topological polar surface area (TPSA) is 76.6 Å². The largest absolute Gasteiger partial charge is 0.481 e. The number of methoxy groups -OCH3 is 1. The summed E-state index contributed by atoms with van der Waals surface area (Å²) in [5.74, 6) is 0.753. The van der Waals surface area contributed by atoms with Crippen LogP contribution >= 0.6 is 0 Å². The second kappa shape index (κ2) is 7.72. The quantitative estimate of drug-likeness (QED) is 0.556. The maximum atomic E-state index is 13.4. The molecule has 0 aromatic carbocycles. The maximum Gasteiger partial charge on any atom is 0.216 e. The molecule has 0 aliphatic carbocycles. The lowest BCUT2D eigenvalue weighted by molar-refractivity contribution is 0.390. The van der Waals surface area contributed by atoms with Gasteiger partial charge >= 0.3 is 0 Å². The first-order chi connectivity index (χ1) is 13.6. The summed E-state index contributed by atoms with van der Waals surface area (Å²) in [5.41, 5.74) is 4.91. The summed E-state index contributed by atoms with van der Waals surface area (Å²) in [6, 6.07) is 3.57. The highest BCUT2D eigenvalue weighted by molar-refractivity contribution is 5.80. The fraction of sp³-hybridized carbons (Fsp3) is 0.238. The average molecular weight is 377 g/mol. The van der Waals surface area contributed by atoms with Crippen LogP contribution in [-0.4, -0.2) is 32.0 Å². The van der Waals surface area contributed by atoms with Gasteiger partial charge in [0.25, 0.3) is 0 Å². The fourth-order valence-corrected chi connectivity index (χ4v) is 3.21. The van der Waals surface area contributed by atoms with E-state index < -0.39 is 0 Å². The Hall–Kier alpha value is -3.35. The van der Waals surface area contributed by atoms with E-state index in [4.69, 9.17) is 4.74 Å². The smallest absolute Gasteiger partial charge is 0.216 e. The second-order valence-electron chi connectivity index (χ2n) is 6.73. The Kier molecular flexibility index (Phi) is 4.97. The lowest BCUT2D eigenvalue weighted by atomic mass is 10.1. The first-order valence-corrected chi connectivity index (χ1v) is 9.03. The molecule has 142 valence electrons. The minimum Gasteiger partial charge on any atom is -0.481 e. The Morgan fingerprint density at radius 1 is 0.964 bits per heavy atom. The molecule has 28 heavy (non-hydrogen) atoms. The highest BCUT2D eigenvalue weighted by atomic mass is 19.1. The van der Waals surface area contributed by atoms with Crippen molar-refractivity contribution in [1.29, 1.82) is 0 Å². The minimum atomic E-state index is -0.379. The predicted octanol–water partition coefficient (Wildman–Crippen LogP) is 3.58. The van der Waals surface area contributed by atoms with Crippen LogP contribution in [0.1, 0.15) is 28.1 Å². The standard InChI is InChI=1S/C21H20FN5O/c1-13-5-18-16(11-26-20(18)25-8-13)6-14-9-23-19(24-10-14)4-3-15-7-17(22)12-27-21(15)28-2/h5,7-12H,3-4,6H2,1-2H3,(H,25,26). The summed E-state index contributed by atoms with van der Waals surface area (Å²) in [6.07, 6.45) is 10.5. The number of hydrogen-bond acceptors (Lipinski definition) is 5. The number of rotatable bonds is 6. The molecule has 0 saturated carbocycles. The van der Waals surface area contributed by atoms with Gasteiger partial charge in [0.2, 0.25) is 5.88 Å². The minimum absolute atomic E-state index is 0.379. The zero-order chi connectivity index (χ0) is 19.5. The van der Waals surface area contributed by atoms with Gasteiger partial charge in [-0.3, -0.25) is 0 Å². The molecule has 4 aromatic rings. The fourth-order valence-electron chi connectivity index (χ4n) is 3.21. The van der Waals surface area contributed by atoms with Crippen molar-refractivity contribution in [2.45, 2.75) is 26.2 Å². The van der Waals surface area contributed by atoms with E-state index in [0.29, 0.717) is 30.1 Å². The summed E-state index contributed by atoms with van der Waals surface area (Å²) in [4.78, 5) is 20.5. The number of aromatic nitrogens is 5. The number of fused-ring (bicyclic) bond motifs is 1. The van der Waals surface area contributed by atoms with Crippen LogP contribution in [0.3, 0.4) is 0 Å². The SMILES string of the molecule is COc1ncc(F)cc1CCc1ncc(Cc2c[nH]c3ncc(C)cc23)cn1. The van der Waals surface area contributed by atoms with Crippen molar-refractivity contribution in [3.63, 3.8) is 0 Å². The summed E-state index contributed by atoms with van der Waals surface area (Å²) in [7, 11) is 1.52. The Bertz CT molecular complexity index is 1110. The van der Waals surface area contributed by atoms with Crippen molar-refractivity contribution in [2.75, 3.05) is 7.11 Å². The zero-order valence-corrected chi connectivity index (χ0v) is 15.7. The Morgan fingerprint density at radius 3 is 2.57 bits per heavy atom. The van der Waals surface area contributed by atoms with Crippen LogP contribution in [0.2, 0.25) is 0 Å². The van der Waals surface area contributed by atoms with E-state index in [1.165, 1.54) is 13.2 Å². The monoisotopic (exact) mass is 377 g/mol. The lowest BCUT2D eigenvalue weighted by Gasteiger charge is -2.07. The van der Waals surface area contributed by atoms with Gasteiger partial charge in [0.1, 0.15) is 17.3 Å². The van der Waals surface area contributed by atoms with Gasteiger partial charge in [-0.25, -0.2) is 24.3 Å². The molecule has 0 amide bonds. The lowest BCUT2D eigenvalue weighted by Crippen LogP contribution is -2.02. The van der Waals surface area contributed by atoms with Crippen molar-refractivity contribution < 1.29 is 9.13 Å². The van der Waals surface area contributed by atoms with Crippen molar-refractivity contribution in [1.82, 2.24) is 24.9 Å². The molecule has 0 aliphatic rings. The van der Waals surface area contributed by atoms with Crippen molar-refractivity contribution in [3.8, 4) is 5.88 Å². The van der Waals surface area contributed by atoms with Gasteiger partial charge in [0.05, 0.1) is 13.3 Å². The van der Waals surface area contributed by atoms with Gasteiger partial charge < -0.3 is 9.72 Å². The van der Waals surface area contributed by atoms with E-state index in [-0.39, 0.29) is 5.82 Å². The number of aromatic amines is 1. The summed E-state index contributed by atoms with van der Waals surface area (Å²) in [6.45, 7) is 2.03. The molecule has 4 aromatic heterocycles. The van der Waals surface area contributed by atoms with Gasteiger partial charge in [-0.1, -0.05) is 0 Å². The van der Waals surface area contributed by atoms with Crippen molar-refractivity contribution >= 4 is 11.0 Å². The van der Waals surface area contributed by atoms with Gasteiger partial charge in [-0.2, -0.15) is 0 Å². The molecule has 4 rings (SSSR count). The van der Waals surface area contributed by atoms with Gasteiger partial charge in [0, 0.05) is 48.6 Å². The predicted molar refractivity (Wildman–Crippen MR) is 104 cm³/mol. The molecular weight excluding hydrogens is 357 g/mol. The van der Waals surface area contributed by atoms with Crippen LogP contribution in [0.25, 0.3) is 11.0 Å². The molecule has 7 heteroatoms. The Labute approximate surface area is 161 Å². The second-order valence-corrected chi connectivity index (χ2v) is 6.73. The third-order valence-corrected chi connectivity index (χ3v) is 4.61. The van der Waals surface area contributed by atoms with Crippen LogP contribution in [0.4, 0.5) is 4.39 Å². The third-order valence-electron chi connectivity index (χ3n) is 4.61. The molecule has 0 atom stereocenters. The summed E-state index contributed by atoms with van der Waals surface area (Å²) in [5, 5.41) is 1.12. The molecule has 0 unspecified atom stereocenters. The van der Waals surface area contributed by atoms with E-state index in [1.54, 1.807) is 0 Å². The first kappa shape index (κ1) is 18.0. The third kappa shape index (κ3) is 3.83. The number of nitrogens with zero attached hydrogens (tertiary/aromatic N) is 4. The number of hydrogen-bond donors (Lipinski definition) is 1. The molecule has 6 nitrogen and oxygen atoms in total. The normalized spacial score (nSPS) is 11.1. The van der Waals surface area contributed by atoms with E-state index in [0.717, 1.165) is 40.3 Å². The van der Waals surface area contributed by atoms with Crippen molar-refractivity contribution in [3.05, 3.63) is 77.0 Å². The van der Waals surface area contributed by atoms with Crippen LogP contribution in [0.5, 0.6) is 5.88 Å². The molecular formula is C21H20FN5O. The van der Waals surface area contributed by atoms with Gasteiger partial charge in [0.15, 0.2) is 0 Å². The first-order valence-electron chi connectivity index (χ1n) is 9.03. The van der Waals surface area contributed by atoms with Crippen LogP contribution in [0, 0.1) is 12.7 Å². The van der Waals surface area contributed by atoms with E-state index >= 15 is 0 Å². The molecule has 0 aliphatic heterocycles. The summed E-state index contributed by atoms with van der Waals surface area (Å²) >= 11 is 0. The Morgan fingerprint density at radius 2 is 1.79 bits per heavy atom. The van der Waals surface area contributed by atoms with E-state index in [2.05, 4.69) is 31.0 Å². The van der Waals surface area contributed by atoms with Crippen molar-refractivity contribution in [2.24, 2.45) is 0 Å². The van der Waals surface area contributed by atoms with Gasteiger partial charge in [-0.05, 0) is 42.2 Å². The number of nitrogens with one attached hydrogen (secondary N) is 1. The number of aryl methyl sites for hydroxylation is 3. The van der Waals surface area contributed by atoms with E-state index in [9.17, 15) is 4.39 Å². The highest BCUT2D eigenvalue weighted by Gasteiger charge is 2.09. The number of pyridine rings is 2. The van der Waals surface area contributed by atoms with Crippen LogP contribution in [0.15, 0.2) is 43.1 Å². The Balaban J connectivity index is 1.45. The highest BCUT2D eigenvalue weighted by Crippen LogP contribution is 2.21. The summed E-state index contributed by atoms with van der Waals surface area (Å²) < 4.78 is 18.6. The van der Waals surface area contributed by atoms with Gasteiger partial charge in [-0.15, -0.1) is 0 Å². The molecule has 1 N–H and O–H groups in total.